The molecular weight excluding hydrogens is 238 g/mol. The monoisotopic (exact) mass is 263 g/mol. The first kappa shape index (κ1) is 14.4. The van der Waals surface area contributed by atoms with Gasteiger partial charge in [0.1, 0.15) is 0 Å². The van der Waals surface area contributed by atoms with Crippen LogP contribution in [0.5, 0.6) is 0 Å². The van der Waals surface area contributed by atoms with E-state index in [1.54, 1.807) is 12.4 Å². The molecule has 2 rings (SSSR count). The quantitative estimate of drug-likeness (QED) is 0.868. The van der Waals surface area contributed by atoms with Gasteiger partial charge < -0.3 is 10.8 Å². The molecule has 0 spiro atoms. The normalized spacial score (nSPS) is 27.2. The molecule has 0 amide bonds. The van der Waals surface area contributed by atoms with Gasteiger partial charge in [-0.05, 0) is 44.5 Å². The second kappa shape index (κ2) is 6.46. The molecule has 1 fully saturated rings. The summed E-state index contributed by atoms with van der Waals surface area (Å²) in [6, 6.07) is 4.37. The van der Waals surface area contributed by atoms with E-state index in [2.05, 4.69) is 16.9 Å². The molecule has 0 aliphatic heterocycles. The third-order valence-corrected chi connectivity index (χ3v) is 4.20. The zero-order chi connectivity index (χ0) is 13.8. The lowest BCUT2D eigenvalue weighted by atomic mass is 9.89. The van der Waals surface area contributed by atoms with E-state index in [9.17, 15) is 5.11 Å². The van der Waals surface area contributed by atoms with Gasteiger partial charge in [-0.1, -0.05) is 12.8 Å². The minimum absolute atomic E-state index is 0.0153. The number of aliphatic hydroxyl groups excluding tert-OH is 1. The van der Waals surface area contributed by atoms with Crippen LogP contribution in [0.2, 0.25) is 0 Å². The van der Waals surface area contributed by atoms with Crippen molar-refractivity contribution in [3.05, 3.63) is 30.1 Å². The standard InChI is InChI=1S/C15H25N3O/c1-11(16)15(12-7-9-17-10-8-12)18(2)13-5-3-4-6-14(13)19/h7-11,13-15,19H,3-6,16H2,1-2H3. The van der Waals surface area contributed by atoms with Gasteiger partial charge in [0.15, 0.2) is 0 Å². The lowest BCUT2D eigenvalue weighted by Gasteiger charge is -2.41. The van der Waals surface area contributed by atoms with Crippen LogP contribution in [0.15, 0.2) is 24.5 Å². The summed E-state index contributed by atoms with van der Waals surface area (Å²) >= 11 is 0. The average Bonchev–Trinajstić information content (AvgIpc) is 2.40. The van der Waals surface area contributed by atoms with Crippen LogP contribution in [0.25, 0.3) is 0 Å². The van der Waals surface area contributed by atoms with Crippen molar-refractivity contribution >= 4 is 0 Å². The molecule has 19 heavy (non-hydrogen) atoms. The molecular formula is C15H25N3O. The van der Waals surface area contributed by atoms with Crippen LogP contribution in [0, 0.1) is 0 Å². The summed E-state index contributed by atoms with van der Waals surface area (Å²) in [5.41, 5.74) is 7.35. The Morgan fingerprint density at radius 3 is 2.53 bits per heavy atom. The van der Waals surface area contributed by atoms with Crippen LogP contribution in [-0.4, -0.2) is 40.2 Å². The molecule has 1 heterocycles. The first-order valence-electron chi connectivity index (χ1n) is 7.16. The molecule has 4 nitrogen and oxygen atoms in total. The Hall–Kier alpha value is -0.970. The van der Waals surface area contributed by atoms with E-state index in [0.717, 1.165) is 19.3 Å². The Balaban J connectivity index is 2.19. The number of nitrogens with two attached hydrogens (primary N) is 1. The highest BCUT2D eigenvalue weighted by Crippen LogP contribution is 2.30. The zero-order valence-electron chi connectivity index (χ0n) is 11.9. The Morgan fingerprint density at radius 1 is 1.32 bits per heavy atom. The Kier molecular flexibility index (Phi) is 4.91. The van der Waals surface area contributed by atoms with Gasteiger partial charge in [0.25, 0.3) is 0 Å². The molecule has 1 aliphatic rings. The summed E-state index contributed by atoms with van der Waals surface area (Å²) in [7, 11) is 2.08. The molecule has 3 N–H and O–H groups in total. The summed E-state index contributed by atoms with van der Waals surface area (Å²) < 4.78 is 0. The summed E-state index contributed by atoms with van der Waals surface area (Å²) in [5, 5.41) is 10.2. The number of aliphatic hydroxyl groups is 1. The van der Waals surface area contributed by atoms with E-state index in [1.807, 2.05) is 19.1 Å². The highest BCUT2D eigenvalue weighted by molar-refractivity contribution is 5.17. The van der Waals surface area contributed by atoms with Crippen molar-refractivity contribution in [3.8, 4) is 0 Å². The molecule has 0 bridgehead atoms. The second-order valence-corrected chi connectivity index (χ2v) is 5.67. The van der Waals surface area contributed by atoms with Crippen LogP contribution in [0.4, 0.5) is 0 Å². The number of rotatable bonds is 4. The highest BCUT2D eigenvalue weighted by atomic mass is 16.3. The van der Waals surface area contributed by atoms with Crippen LogP contribution in [-0.2, 0) is 0 Å². The van der Waals surface area contributed by atoms with E-state index in [4.69, 9.17) is 5.73 Å². The Morgan fingerprint density at radius 2 is 1.95 bits per heavy atom. The maximum Gasteiger partial charge on any atom is 0.0695 e. The Labute approximate surface area is 115 Å². The molecule has 106 valence electrons. The highest BCUT2D eigenvalue weighted by Gasteiger charge is 2.32. The number of hydrogen-bond acceptors (Lipinski definition) is 4. The molecule has 1 saturated carbocycles. The number of aromatic nitrogens is 1. The third kappa shape index (κ3) is 3.32. The second-order valence-electron chi connectivity index (χ2n) is 5.67. The fourth-order valence-corrected chi connectivity index (χ4v) is 3.24. The largest absolute Gasteiger partial charge is 0.391 e. The summed E-state index contributed by atoms with van der Waals surface area (Å²) in [5.74, 6) is 0. The summed E-state index contributed by atoms with van der Waals surface area (Å²) in [4.78, 5) is 6.32. The first-order chi connectivity index (χ1) is 9.11. The molecule has 0 radical (unpaired) electrons. The number of pyridine rings is 1. The van der Waals surface area contributed by atoms with E-state index in [0.29, 0.717) is 0 Å². The van der Waals surface area contributed by atoms with Crippen molar-refractivity contribution in [1.29, 1.82) is 0 Å². The van der Waals surface area contributed by atoms with Crippen LogP contribution in [0.3, 0.4) is 0 Å². The predicted molar refractivity (Wildman–Crippen MR) is 76.7 cm³/mol. The van der Waals surface area contributed by atoms with Crippen molar-refractivity contribution in [2.45, 2.75) is 56.8 Å². The van der Waals surface area contributed by atoms with Crippen molar-refractivity contribution in [1.82, 2.24) is 9.88 Å². The van der Waals surface area contributed by atoms with Crippen LogP contribution < -0.4 is 5.73 Å². The molecule has 0 saturated heterocycles. The predicted octanol–water partition coefficient (Wildman–Crippen LogP) is 1.71. The number of hydrogen-bond donors (Lipinski definition) is 2. The molecule has 1 aromatic heterocycles. The van der Waals surface area contributed by atoms with Gasteiger partial charge in [0, 0.05) is 30.5 Å². The van der Waals surface area contributed by atoms with Gasteiger partial charge in [-0.2, -0.15) is 0 Å². The summed E-state index contributed by atoms with van der Waals surface area (Å²) in [6.07, 6.45) is 7.63. The minimum atomic E-state index is -0.234. The number of likely N-dealkylation sites (N-methyl/N-ethyl adjacent to an activating group) is 1. The van der Waals surface area contributed by atoms with Crippen LogP contribution in [0.1, 0.15) is 44.2 Å². The molecule has 1 aliphatic carbocycles. The average molecular weight is 263 g/mol. The van der Waals surface area contributed by atoms with Gasteiger partial charge in [-0.3, -0.25) is 9.88 Å². The van der Waals surface area contributed by atoms with E-state index in [-0.39, 0.29) is 24.2 Å². The first-order valence-corrected chi connectivity index (χ1v) is 7.16. The SMILES string of the molecule is CC(N)C(c1ccncc1)N(C)C1CCCCC1O. The Bertz CT molecular complexity index is 382. The van der Waals surface area contributed by atoms with Crippen LogP contribution >= 0.6 is 0 Å². The lowest BCUT2D eigenvalue weighted by Crippen LogP contribution is -2.49. The third-order valence-electron chi connectivity index (χ3n) is 4.20. The van der Waals surface area contributed by atoms with Gasteiger partial charge in [0.2, 0.25) is 0 Å². The lowest BCUT2D eigenvalue weighted by molar-refractivity contribution is 0.00790. The van der Waals surface area contributed by atoms with Gasteiger partial charge in [-0.25, -0.2) is 0 Å². The van der Waals surface area contributed by atoms with Crippen molar-refractivity contribution in [2.75, 3.05) is 7.05 Å². The van der Waals surface area contributed by atoms with Crippen molar-refractivity contribution in [3.63, 3.8) is 0 Å². The van der Waals surface area contributed by atoms with E-state index >= 15 is 0 Å². The van der Waals surface area contributed by atoms with Gasteiger partial charge in [-0.15, -0.1) is 0 Å². The van der Waals surface area contributed by atoms with Crippen molar-refractivity contribution < 1.29 is 5.11 Å². The smallest absolute Gasteiger partial charge is 0.0695 e. The maximum atomic E-state index is 10.2. The van der Waals surface area contributed by atoms with Gasteiger partial charge >= 0.3 is 0 Å². The molecule has 4 heteroatoms. The maximum absolute atomic E-state index is 10.2. The molecule has 4 atom stereocenters. The van der Waals surface area contributed by atoms with E-state index in [1.165, 1.54) is 12.0 Å². The summed E-state index contributed by atoms with van der Waals surface area (Å²) in [6.45, 7) is 2.02. The topological polar surface area (TPSA) is 62.4 Å². The van der Waals surface area contributed by atoms with Gasteiger partial charge in [0.05, 0.1) is 6.10 Å². The fourth-order valence-electron chi connectivity index (χ4n) is 3.24. The number of nitrogens with zero attached hydrogens (tertiary/aromatic N) is 2. The molecule has 0 aromatic carbocycles. The minimum Gasteiger partial charge on any atom is -0.391 e. The molecule has 1 aromatic rings. The fraction of sp³-hybridized carbons (Fsp3) is 0.667. The van der Waals surface area contributed by atoms with E-state index < -0.39 is 0 Å². The molecule has 4 unspecified atom stereocenters. The zero-order valence-corrected chi connectivity index (χ0v) is 11.9. The van der Waals surface area contributed by atoms with Crippen molar-refractivity contribution in [2.24, 2.45) is 5.73 Å².